The topological polar surface area (TPSA) is 0 Å². The highest BCUT2D eigenvalue weighted by Crippen LogP contribution is 2.58. The lowest BCUT2D eigenvalue weighted by Crippen LogP contribution is -1.80. The second-order valence-corrected chi connectivity index (χ2v) is 21.3. The van der Waals surface area contributed by atoms with E-state index in [1.54, 1.807) is 19.5 Å². The van der Waals surface area contributed by atoms with Crippen LogP contribution in [0.3, 0.4) is 0 Å². The smallest absolute Gasteiger partial charge is 0.0557 e. The summed E-state index contributed by atoms with van der Waals surface area (Å²) in [6.45, 7) is 9.24. The van der Waals surface area contributed by atoms with Gasteiger partial charge < -0.3 is 0 Å². The van der Waals surface area contributed by atoms with Gasteiger partial charge in [0.1, 0.15) is 0 Å². The monoisotopic (exact) mass is 804 g/mol. The van der Waals surface area contributed by atoms with Crippen LogP contribution in [0.25, 0.3) is 49.8 Å². The molecule has 6 heteroatoms. The maximum absolute atomic E-state index is 2.46. The molecule has 6 aromatic heterocycles. The van der Waals surface area contributed by atoms with Crippen molar-refractivity contribution in [2.24, 2.45) is 0 Å². The Labute approximate surface area is 339 Å². The Kier molecular flexibility index (Phi) is 16.2. The molecule has 0 saturated heterocycles. The van der Waals surface area contributed by atoms with Crippen LogP contribution in [0.15, 0.2) is 48.5 Å². The van der Waals surface area contributed by atoms with E-state index in [9.17, 15) is 0 Å². The lowest BCUT2D eigenvalue weighted by molar-refractivity contribution is 0.670. The van der Waals surface area contributed by atoms with E-state index in [0.29, 0.717) is 0 Å². The Morgan fingerprint density at radius 3 is 0.904 bits per heavy atom. The largest absolute Gasteiger partial charge is 0.140 e. The van der Waals surface area contributed by atoms with Gasteiger partial charge in [0, 0.05) is 50.1 Å². The molecule has 6 heterocycles. The normalized spacial score (nSPS) is 11.8. The van der Waals surface area contributed by atoms with Crippen LogP contribution in [0.1, 0.15) is 150 Å². The van der Waals surface area contributed by atoms with Gasteiger partial charge in [0.05, 0.1) is 19.2 Å². The zero-order valence-corrected chi connectivity index (χ0v) is 37.1. The van der Waals surface area contributed by atoms with E-state index < -0.39 is 0 Å². The molecule has 6 rings (SSSR count). The number of aryl methyl sites for hydroxylation is 4. The molecule has 0 saturated carbocycles. The highest BCUT2D eigenvalue weighted by molar-refractivity contribution is 7.36. The number of hydrogen-bond acceptors (Lipinski definition) is 6. The van der Waals surface area contributed by atoms with Crippen molar-refractivity contribution in [1.29, 1.82) is 0 Å². The number of unbranched alkanes of at least 4 members (excludes halogenated alkanes) is 12. The molecule has 6 aromatic rings. The summed E-state index contributed by atoms with van der Waals surface area (Å²) in [5, 5.41) is 0. The number of fused-ring (bicyclic) bond motifs is 1. The molecule has 0 spiro atoms. The second kappa shape index (κ2) is 20.9. The van der Waals surface area contributed by atoms with Crippen molar-refractivity contribution in [3.63, 3.8) is 0 Å². The molecule has 0 radical (unpaired) electrons. The lowest BCUT2D eigenvalue weighted by Gasteiger charge is -2.03. The quantitative estimate of drug-likeness (QED) is 0.0535. The molecular formula is C46H60S6. The molecule has 280 valence electrons. The zero-order valence-electron chi connectivity index (χ0n) is 32.2. The fraction of sp³-hybridized carbons (Fsp3) is 0.522. The summed E-state index contributed by atoms with van der Waals surface area (Å²) in [4.78, 5) is 15.1. The van der Waals surface area contributed by atoms with Crippen molar-refractivity contribution < 1.29 is 0 Å². The summed E-state index contributed by atoms with van der Waals surface area (Å²) in [6.07, 6.45) is 26.0. The predicted octanol–water partition coefficient (Wildman–Crippen LogP) is 18.4. The first-order valence-electron chi connectivity index (χ1n) is 20.6. The van der Waals surface area contributed by atoms with Gasteiger partial charge in [-0.1, -0.05) is 105 Å². The highest BCUT2D eigenvalue weighted by atomic mass is 32.1. The third-order valence-electron chi connectivity index (χ3n) is 10.2. The van der Waals surface area contributed by atoms with Crippen molar-refractivity contribution in [2.45, 2.75) is 156 Å². The summed E-state index contributed by atoms with van der Waals surface area (Å²) in [6, 6.07) is 19.6. The molecule has 0 aliphatic heterocycles. The van der Waals surface area contributed by atoms with Crippen molar-refractivity contribution in [1.82, 2.24) is 0 Å². The van der Waals surface area contributed by atoms with Crippen molar-refractivity contribution in [3.05, 3.63) is 68.0 Å². The van der Waals surface area contributed by atoms with Crippen LogP contribution in [-0.2, 0) is 25.7 Å². The van der Waals surface area contributed by atoms with Gasteiger partial charge in [-0.05, 0) is 99.9 Å². The standard InChI is InChI=1S/C46H60S6/c1-5-9-13-17-21-33-25-29-37(47-33)41-43(39-31-27-35(49-39)23-19-15-11-7-3)51-46-42(38-30-26-34(48-38)22-18-14-10-6-2)44(52-45(41)46)40-32-28-36(50-40)24-20-16-12-8-4/h25-32H,5-24H2,1-4H3. The molecule has 0 aliphatic rings. The van der Waals surface area contributed by atoms with Crippen LogP contribution in [0.2, 0.25) is 0 Å². The Hall–Kier alpha value is -1.54. The van der Waals surface area contributed by atoms with Gasteiger partial charge in [-0.15, -0.1) is 68.0 Å². The fourth-order valence-corrected chi connectivity index (χ4v) is 14.9. The summed E-state index contributed by atoms with van der Waals surface area (Å²) >= 11 is 12.4. The Morgan fingerprint density at radius 1 is 0.308 bits per heavy atom. The lowest BCUT2D eigenvalue weighted by atomic mass is 10.1. The first-order chi connectivity index (χ1) is 25.6. The van der Waals surface area contributed by atoms with Crippen LogP contribution in [-0.4, -0.2) is 0 Å². The first kappa shape index (κ1) is 40.1. The SMILES string of the molecule is CCCCCCc1ccc(-c2sc3c(-c4ccc(CCCCCC)s4)c(-c4ccc(CCCCCC)s4)sc3c2-c2ccc(CCCCCC)s2)s1. The van der Waals surface area contributed by atoms with Crippen LogP contribution < -0.4 is 0 Å². The first-order valence-corrected chi connectivity index (χ1v) is 25.5. The molecule has 52 heavy (non-hydrogen) atoms. The predicted molar refractivity (Wildman–Crippen MR) is 244 cm³/mol. The molecule has 0 bridgehead atoms. The number of hydrogen-bond donors (Lipinski definition) is 0. The summed E-state index contributed by atoms with van der Waals surface area (Å²) in [5.41, 5.74) is 3.02. The minimum atomic E-state index is 1.21. The van der Waals surface area contributed by atoms with E-state index in [2.05, 4.69) is 144 Å². The summed E-state index contributed by atoms with van der Waals surface area (Å²) in [7, 11) is 0. The molecule has 0 aromatic carbocycles. The van der Waals surface area contributed by atoms with E-state index in [-0.39, 0.29) is 0 Å². The van der Waals surface area contributed by atoms with Crippen molar-refractivity contribution >= 4 is 77.4 Å². The molecule has 0 unspecified atom stereocenters. The number of thiophene rings is 6. The summed E-state index contributed by atoms with van der Waals surface area (Å²) in [5.74, 6) is 0. The van der Waals surface area contributed by atoms with Gasteiger partial charge in [0.15, 0.2) is 0 Å². The van der Waals surface area contributed by atoms with Gasteiger partial charge in [-0.2, -0.15) is 0 Å². The van der Waals surface area contributed by atoms with Gasteiger partial charge in [0.2, 0.25) is 0 Å². The molecule has 0 amide bonds. The molecule has 0 fully saturated rings. The van der Waals surface area contributed by atoms with Crippen LogP contribution in [0, 0.1) is 0 Å². The van der Waals surface area contributed by atoms with Crippen molar-refractivity contribution in [3.8, 4) is 40.4 Å². The molecule has 0 N–H and O–H groups in total. The zero-order chi connectivity index (χ0) is 36.1. The Bertz CT molecular complexity index is 1780. The Morgan fingerprint density at radius 2 is 0.596 bits per heavy atom. The highest BCUT2D eigenvalue weighted by Gasteiger charge is 2.27. The average molecular weight is 805 g/mol. The molecule has 0 nitrogen and oxygen atoms in total. The van der Waals surface area contributed by atoms with Crippen LogP contribution in [0.4, 0.5) is 0 Å². The second-order valence-electron chi connectivity index (χ2n) is 14.6. The van der Waals surface area contributed by atoms with Gasteiger partial charge in [-0.25, -0.2) is 0 Å². The third kappa shape index (κ3) is 10.4. The molecule has 0 aliphatic carbocycles. The van der Waals surface area contributed by atoms with E-state index >= 15 is 0 Å². The van der Waals surface area contributed by atoms with Crippen molar-refractivity contribution in [2.75, 3.05) is 0 Å². The average Bonchev–Trinajstić information content (AvgIpc) is 4.00. The number of rotatable bonds is 24. The maximum Gasteiger partial charge on any atom is 0.0557 e. The van der Waals surface area contributed by atoms with E-state index in [4.69, 9.17) is 0 Å². The maximum atomic E-state index is 2.46. The molecule has 0 atom stereocenters. The van der Waals surface area contributed by atoms with Gasteiger partial charge in [-0.3, -0.25) is 0 Å². The van der Waals surface area contributed by atoms with E-state index in [0.717, 1.165) is 0 Å². The van der Waals surface area contributed by atoms with Gasteiger partial charge in [0.25, 0.3) is 0 Å². The summed E-state index contributed by atoms with van der Waals surface area (Å²) < 4.78 is 3.02. The van der Waals surface area contributed by atoms with Crippen LogP contribution in [0.5, 0.6) is 0 Å². The van der Waals surface area contributed by atoms with E-state index in [1.165, 1.54) is 178 Å². The van der Waals surface area contributed by atoms with Gasteiger partial charge >= 0.3 is 0 Å². The Balaban J connectivity index is 1.43. The molecular weight excluding hydrogens is 745 g/mol. The van der Waals surface area contributed by atoms with Crippen LogP contribution >= 0.6 is 68.0 Å². The van der Waals surface area contributed by atoms with E-state index in [1.807, 2.05) is 0 Å². The minimum Gasteiger partial charge on any atom is -0.140 e. The fourth-order valence-electron chi connectivity index (χ4n) is 7.19. The third-order valence-corrected chi connectivity index (χ3v) is 17.7. The minimum absolute atomic E-state index is 1.21.